The Kier molecular flexibility index (Phi) is 4.59. The number of nitrogens with one attached hydrogen (secondary N) is 1. The number of hydrogen-bond donors (Lipinski definition) is 1. The Morgan fingerprint density at radius 1 is 1.61 bits per heavy atom. The van der Waals surface area contributed by atoms with E-state index in [2.05, 4.69) is 10.2 Å². The zero-order valence-electron chi connectivity index (χ0n) is 11.4. The second-order valence-corrected chi connectivity index (χ2v) is 5.31. The molecule has 2 saturated heterocycles. The third-order valence-corrected chi connectivity index (χ3v) is 3.82. The molecule has 0 spiro atoms. The zero-order valence-corrected chi connectivity index (χ0v) is 11.4. The van der Waals surface area contributed by atoms with E-state index < -0.39 is 5.54 Å². The Hall–Kier alpha value is -0.650. The molecule has 0 aromatic carbocycles. The van der Waals surface area contributed by atoms with E-state index in [4.69, 9.17) is 9.47 Å². The van der Waals surface area contributed by atoms with Gasteiger partial charge in [0, 0.05) is 26.2 Å². The van der Waals surface area contributed by atoms with Crippen molar-refractivity contribution in [3.63, 3.8) is 0 Å². The Morgan fingerprint density at radius 2 is 2.44 bits per heavy atom. The lowest BCUT2D eigenvalue weighted by Gasteiger charge is -2.29. The van der Waals surface area contributed by atoms with Gasteiger partial charge in [-0.2, -0.15) is 0 Å². The van der Waals surface area contributed by atoms with Gasteiger partial charge in [-0.05, 0) is 33.2 Å². The summed E-state index contributed by atoms with van der Waals surface area (Å²) in [6.07, 6.45) is 3.28. The summed E-state index contributed by atoms with van der Waals surface area (Å²) in [5.74, 6) is -0.118. The van der Waals surface area contributed by atoms with Crippen LogP contribution >= 0.6 is 0 Å². The first kappa shape index (κ1) is 13.8. The van der Waals surface area contributed by atoms with Crippen LogP contribution in [0.25, 0.3) is 0 Å². The number of ether oxygens (including phenoxy) is 2. The van der Waals surface area contributed by atoms with Crippen molar-refractivity contribution < 1.29 is 14.3 Å². The SMILES string of the molecule is CCOC(=O)C1(NCC2CCCO2)CCN(C)C1. The molecule has 104 valence electrons. The third-order valence-electron chi connectivity index (χ3n) is 3.82. The fraction of sp³-hybridized carbons (Fsp3) is 0.923. The smallest absolute Gasteiger partial charge is 0.327 e. The van der Waals surface area contributed by atoms with Crippen LogP contribution in [-0.4, -0.2) is 62.4 Å². The summed E-state index contributed by atoms with van der Waals surface area (Å²) < 4.78 is 10.8. The van der Waals surface area contributed by atoms with Crippen molar-refractivity contribution in [2.45, 2.75) is 37.8 Å². The van der Waals surface area contributed by atoms with Gasteiger partial charge in [0.05, 0.1) is 12.7 Å². The van der Waals surface area contributed by atoms with Gasteiger partial charge in [-0.15, -0.1) is 0 Å². The fourth-order valence-corrected chi connectivity index (χ4v) is 2.77. The molecule has 2 rings (SSSR count). The van der Waals surface area contributed by atoms with E-state index in [1.807, 2.05) is 14.0 Å². The molecule has 0 amide bonds. The molecule has 0 aliphatic carbocycles. The normalized spacial score (nSPS) is 32.9. The molecule has 5 heteroatoms. The molecule has 2 aliphatic rings. The van der Waals surface area contributed by atoms with Gasteiger partial charge in [-0.3, -0.25) is 5.32 Å². The van der Waals surface area contributed by atoms with Crippen LogP contribution in [0.5, 0.6) is 0 Å². The van der Waals surface area contributed by atoms with E-state index in [9.17, 15) is 4.79 Å². The summed E-state index contributed by atoms with van der Waals surface area (Å²) >= 11 is 0. The lowest BCUT2D eigenvalue weighted by atomic mass is 9.98. The third kappa shape index (κ3) is 3.02. The van der Waals surface area contributed by atoms with E-state index in [0.29, 0.717) is 6.61 Å². The molecule has 5 nitrogen and oxygen atoms in total. The Balaban J connectivity index is 1.93. The first-order valence-electron chi connectivity index (χ1n) is 6.89. The molecule has 0 saturated carbocycles. The Labute approximate surface area is 109 Å². The van der Waals surface area contributed by atoms with Crippen molar-refractivity contribution in [1.29, 1.82) is 0 Å². The molecule has 0 bridgehead atoms. The number of carbonyl (C=O) groups is 1. The lowest BCUT2D eigenvalue weighted by molar-refractivity contribution is -0.150. The van der Waals surface area contributed by atoms with Crippen LogP contribution < -0.4 is 5.32 Å². The van der Waals surface area contributed by atoms with Crippen molar-refractivity contribution in [3.8, 4) is 0 Å². The van der Waals surface area contributed by atoms with Gasteiger partial charge >= 0.3 is 5.97 Å². The van der Waals surface area contributed by atoms with Crippen molar-refractivity contribution in [2.75, 3.05) is 39.9 Å². The average Bonchev–Trinajstić information content (AvgIpc) is 2.97. The quantitative estimate of drug-likeness (QED) is 0.721. The summed E-state index contributed by atoms with van der Waals surface area (Å²) in [5.41, 5.74) is -0.531. The highest BCUT2D eigenvalue weighted by Gasteiger charge is 2.45. The summed E-state index contributed by atoms with van der Waals surface area (Å²) in [5, 5.41) is 3.41. The molecule has 2 unspecified atom stereocenters. The molecule has 1 N–H and O–H groups in total. The summed E-state index contributed by atoms with van der Waals surface area (Å²) in [7, 11) is 2.04. The minimum atomic E-state index is -0.531. The number of esters is 1. The zero-order chi connectivity index (χ0) is 13.0. The number of likely N-dealkylation sites (N-methyl/N-ethyl adjacent to an activating group) is 1. The lowest BCUT2D eigenvalue weighted by Crippen LogP contribution is -2.56. The second-order valence-electron chi connectivity index (χ2n) is 5.31. The van der Waals surface area contributed by atoms with Crippen LogP contribution in [0.1, 0.15) is 26.2 Å². The van der Waals surface area contributed by atoms with Gasteiger partial charge in [0.1, 0.15) is 5.54 Å². The predicted octanol–water partition coefficient (Wildman–Crippen LogP) is 0.392. The van der Waals surface area contributed by atoms with Crippen LogP contribution in [-0.2, 0) is 14.3 Å². The Morgan fingerprint density at radius 3 is 3.00 bits per heavy atom. The number of nitrogens with zero attached hydrogens (tertiary/aromatic N) is 1. The highest BCUT2D eigenvalue weighted by Crippen LogP contribution is 2.23. The van der Waals surface area contributed by atoms with Gasteiger partial charge < -0.3 is 14.4 Å². The molecule has 0 aromatic rings. The van der Waals surface area contributed by atoms with E-state index >= 15 is 0 Å². The average molecular weight is 256 g/mol. The van der Waals surface area contributed by atoms with Crippen LogP contribution in [0.3, 0.4) is 0 Å². The summed E-state index contributed by atoms with van der Waals surface area (Å²) in [4.78, 5) is 14.3. The van der Waals surface area contributed by atoms with Crippen molar-refractivity contribution >= 4 is 5.97 Å². The van der Waals surface area contributed by atoms with Crippen LogP contribution in [0, 0.1) is 0 Å². The molecule has 2 heterocycles. The van der Waals surface area contributed by atoms with Crippen LogP contribution in [0.15, 0.2) is 0 Å². The van der Waals surface area contributed by atoms with E-state index in [-0.39, 0.29) is 12.1 Å². The largest absolute Gasteiger partial charge is 0.465 e. The first-order chi connectivity index (χ1) is 8.66. The van der Waals surface area contributed by atoms with Gasteiger partial charge in [-0.1, -0.05) is 0 Å². The molecule has 0 aromatic heterocycles. The Bertz CT molecular complexity index is 292. The molecular formula is C13H24N2O3. The maximum Gasteiger partial charge on any atom is 0.327 e. The van der Waals surface area contributed by atoms with Gasteiger partial charge in [0.25, 0.3) is 0 Å². The van der Waals surface area contributed by atoms with Gasteiger partial charge in [-0.25, -0.2) is 4.79 Å². The first-order valence-corrected chi connectivity index (χ1v) is 6.89. The predicted molar refractivity (Wildman–Crippen MR) is 68.5 cm³/mol. The molecule has 2 fully saturated rings. The minimum Gasteiger partial charge on any atom is -0.465 e. The number of hydrogen-bond acceptors (Lipinski definition) is 5. The summed E-state index contributed by atoms with van der Waals surface area (Å²) in [6, 6.07) is 0. The number of likely N-dealkylation sites (tertiary alicyclic amines) is 1. The number of carbonyl (C=O) groups excluding carboxylic acids is 1. The molecule has 18 heavy (non-hydrogen) atoms. The monoisotopic (exact) mass is 256 g/mol. The van der Waals surface area contributed by atoms with Crippen molar-refractivity contribution in [1.82, 2.24) is 10.2 Å². The van der Waals surface area contributed by atoms with E-state index in [0.717, 1.165) is 45.5 Å². The second kappa shape index (κ2) is 5.99. The van der Waals surface area contributed by atoms with Crippen molar-refractivity contribution in [2.24, 2.45) is 0 Å². The molecule has 2 aliphatic heterocycles. The van der Waals surface area contributed by atoms with Gasteiger partial charge in [0.2, 0.25) is 0 Å². The maximum absolute atomic E-state index is 12.2. The molecular weight excluding hydrogens is 232 g/mol. The summed E-state index contributed by atoms with van der Waals surface area (Å²) in [6.45, 7) is 5.53. The fourth-order valence-electron chi connectivity index (χ4n) is 2.77. The maximum atomic E-state index is 12.2. The van der Waals surface area contributed by atoms with E-state index in [1.165, 1.54) is 0 Å². The van der Waals surface area contributed by atoms with Crippen molar-refractivity contribution in [3.05, 3.63) is 0 Å². The van der Waals surface area contributed by atoms with Crippen LogP contribution in [0.2, 0.25) is 0 Å². The van der Waals surface area contributed by atoms with E-state index in [1.54, 1.807) is 0 Å². The minimum absolute atomic E-state index is 0.118. The molecule has 2 atom stereocenters. The highest BCUT2D eigenvalue weighted by molar-refractivity contribution is 5.81. The molecule has 0 radical (unpaired) electrons. The highest BCUT2D eigenvalue weighted by atomic mass is 16.5. The van der Waals surface area contributed by atoms with Gasteiger partial charge in [0.15, 0.2) is 0 Å². The number of rotatable bonds is 5. The topological polar surface area (TPSA) is 50.8 Å². The van der Waals surface area contributed by atoms with Crippen LogP contribution in [0.4, 0.5) is 0 Å². The standard InChI is InChI=1S/C13H24N2O3/c1-3-17-12(16)13(6-7-15(2)10-13)14-9-11-5-4-8-18-11/h11,14H,3-10H2,1-2H3.